The molecular formula is C13H13FN2S2. The number of aromatic nitrogens is 1. The van der Waals surface area contributed by atoms with Crippen LogP contribution >= 0.6 is 23.1 Å². The fraction of sp³-hybridized carbons (Fsp3) is 0.308. The lowest BCUT2D eigenvalue weighted by molar-refractivity contribution is 0.616. The summed E-state index contributed by atoms with van der Waals surface area (Å²) in [7, 11) is 0. The molecule has 1 saturated carbocycles. The maximum Gasteiger partial charge on any atom is 0.154 e. The lowest BCUT2D eigenvalue weighted by Gasteiger charge is -2.09. The summed E-state index contributed by atoms with van der Waals surface area (Å²) >= 11 is 3.21. The predicted octanol–water partition coefficient (Wildman–Crippen LogP) is 3.69. The highest BCUT2D eigenvalue weighted by molar-refractivity contribution is 8.01. The van der Waals surface area contributed by atoms with Gasteiger partial charge in [-0.3, -0.25) is 0 Å². The van der Waals surface area contributed by atoms with Crippen molar-refractivity contribution < 1.29 is 4.39 Å². The summed E-state index contributed by atoms with van der Waals surface area (Å²) < 4.78 is 14.3. The highest BCUT2D eigenvalue weighted by atomic mass is 32.2. The van der Waals surface area contributed by atoms with Crippen molar-refractivity contribution in [1.82, 2.24) is 10.3 Å². The quantitative estimate of drug-likeness (QED) is 0.904. The van der Waals surface area contributed by atoms with Gasteiger partial charge in [-0.2, -0.15) is 0 Å². The molecule has 0 radical (unpaired) electrons. The van der Waals surface area contributed by atoms with E-state index in [4.69, 9.17) is 0 Å². The van der Waals surface area contributed by atoms with E-state index < -0.39 is 0 Å². The van der Waals surface area contributed by atoms with Crippen LogP contribution in [0.4, 0.5) is 4.39 Å². The van der Waals surface area contributed by atoms with Crippen LogP contribution in [0.3, 0.4) is 0 Å². The molecular weight excluding hydrogens is 267 g/mol. The van der Waals surface area contributed by atoms with Crippen molar-refractivity contribution in [2.24, 2.45) is 0 Å². The van der Waals surface area contributed by atoms with Gasteiger partial charge in [-0.1, -0.05) is 11.8 Å². The van der Waals surface area contributed by atoms with E-state index in [1.54, 1.807) is 35.4 Å². The summed E-state index contributed by atoms with van der Waals surface area (Å²) in [5, 5.41) is 5.38. The van der Waals surface area contributed by atoms with E-state index in [1.165, 1.54) is 18.9 Å². The molecule has 0 unspecified atom stereocenters. The second-order valence-electron chi connectivity index (χ2n) is 4.31. The molecule has 0 spiro atoms. The van der Waals surface area contributed by atoms with Gasteiger partial charge in [-0.25, -0.2) is 9.37 Å². The summed E-state index contributed by atoms with van der Waals surface area (Å²) in [6, 6.07) is 5.60. The maximum absolute atomic E-state index is 13.3. The molecule has 1 heterocycles. The SMILES string of the molecule is Fc1ccc(Sc2nccs2)c(CNC2CC2)c1. The van der Waals surface area contributed by atoms with Crippen LogP contribution in [0, 0.1) is 5.82 Å². The minimum Gasteiger partial charge on any atom is -0.310 e. The Kier molecular flexibility index (Phi) is 3.63. The van der Waals surface area contributed by atoms with Gasteiger partial charge in [-0.15, -0.1) is 11.3 Å². The fourth-order valence-corrected chi connectivity index (χ4v) is 3.37. The van der Waals surface area contributed by atoms with Crippen molar-refractivity contribution >= 4 is 23.1 Å². The Morgan fingerprint density at radius 3 is 3.06 bits per heavy atom. The molecule has 0 atom stereocenters. The Morgan fingerprint density at radius 1 is 1.44 bits per heavy atom. The molecule has 2 aromatic rings. The molecule has 0 saturated heterocycles. The standard InChI is InChI=1S/C13H13FN2S2/c14-10-1-4-12(18-13-15-5-6-17-13)9(7-10)8-16-11-2-3-11/h1,4-7,11,16H,2-3,8H2. The fourth-order valence-electron chi connectivity index (χ4n) is 1.68. The Bertz CT molecular complexity index is 524. The smallest absolute Gasteiger partial charge is 0.154 e. The third-order valence-corrected chi connectivity index (χ3v) is 4.79. The molecule has 1 aromatic carbocycles. The van der Waals surface area contributed by atoms with Crippen molar-refractivity contribution in [2.75, 3.05) is 0 Å². The largest absolute Gasteiger partial charge is 0.310 e. The van der Waals surface area contributed by atoms with Gasteiger partial charge in [0.25, 0.3) is 0 Å². The summed E-state index contributed by atoms with van der Waals surface area (Å²) in [5.74, 6) is -0.175. The lowest BCUT2D eigenvalue weighted by atomic mass is 10.2. The van der Waals surface area contributed by atoms with E-state index >= 15 is 0 Å². The van der Waals surface area contributed by atoms with Crippen LogP contribution in [-0.2, 0) is 6.54 Å². The first-order valence-electron chi connectivity index (χ1n) is 5.90. The van der Waals surface area contributed by atoms with Gasteiger partial charge in [0, 0.05) is 29.1 Å². The van der Waals surface area contributed by atoms with Gasteiger partial charge in [0.15, 0.2) is 4.34 Å². The van der Waals surface area contributed by atoms with Crippen LogP contribution in [0.2, 0.25) is 0 Å². The van der Waals surface area contributed by atoms with Crippen LogP contribution in [0.15, 0.2) is 39.0 Å². The van der Waals surface area contributed by atoms with E-state index in [0.29, 0.717) is 6.04 Å². The average molecular weight is 280 g/mol. The zero-order valence-corrected chi connectivity index (χ0v) is 11.4. The van der Waals surface area contributed by atoms with Crippen LogP contribution in [0.5, 0.6) is 0 Å². The van der Waals surface area contributed by atoms with E-state index in [2.05, 4.69) is 10.3 Å². The first kappa shape index (κ1) is 12.1. The lowest BCUT2D eigenvalue weighted by Crippen LogP contribution is -2.15. The third-order valence-electron chi connectivity index (χ3n) is 2.79. The molecule has 1 fully saturated rings. The number of nitrogens with one attached hydrogen (secondary N) is 1. The topological polar surface area (TPSA) is 24.9 Å². The zero-order chi connectivity index (χ0) is 12.4. The molecule has 2 nitrogen and oxygen atoms in total. The molecule has 0 amide bonds. The molecule has 94 valence electrons. The molecule has 1 aromatic heterocycles. The number of hydrogen-bond acceptors (Lipinski definition) is 4. The van der Waals surface area contributed by atoms with Crippen molar-refractivity contribution in [3.05, 3.63) is 41.2 Å². The number of halogens is 1. The third kappa shape index (κ3) is 3.10. The van der Waals surface area contributed by atoms with Crippen molar-refractivity contribution in [3.8, 4) is 0 Å². The molecule has 18 heavy (non-hydrogen) atoms. The number of benzene rings is 1. The summed E-state index contributed by atoms with van der Waals surface area (Å²) in [4.78, 5) is 5.33. The first-order valence-corrected chi connectivity index (χ1v) is 7.60. The number of hydrogen-bond donors (Lipinski definition) is 1. The molecule has 1 aliphatic carbocycles. The number of nitrogens with zero attached hydrogens (tertiary/aromatic N) is 1. The van der Waals surface area contributed by atoms with Crippen LogP contribution < -0.4 is 5.32 Å². The van der Waals surface area contributed by atoms with Gasteiger partial charge >= 0.3 is 0 Å². The monoisotopic (exact) mass is 280 g/mol. The highest BCUT2D eigenvalue weighted by Crippen LogP contribution is 2.32. The molecule has 0 aliphatic heterocycles. The van der Waals surface area contributed by atoms with Crippen LogP contribution in [0.25, 0.3) is 0 Å². The van der Waals surface area contributed by atoms with Gasteiger partial charge in [0.1, 0.15) is 5.82 Å². The van der Waals surface area contributed by atoms with Gasteiger partial charge in [0.2, 0.25) is 0 Å². The Morgan fingerprint density at radius 2 is 2.33 bits per heavy atom. The predicted molar refractivity (Wildman–Crippen MR) is 72.5 cm³/mol. The van der Waals surface area contributed by atoms with Crippen molar-refractivity contribution in [2.45, 2.75) is 34.7 Å². The second kappa shape index (κ2) is 5.38. The van der Waals surface area contributed by atoms with E-state index in [1.807, 2.05) is 11.4 Å². The summed E-state index contributed by atoms with van der Waals surface area (Å²) in [6.45, 7) is 0.732. The van der Waals surface area contributed by atoms with Crippen molar-refractivity contribution in [3.63, 3.8) is 0 Å². The minimum absolute atomic E-state index is 0.175. The Hall–Kier alpha value is -0.910. The number of rotatable bonds is 5. The maximum atomic E-state index is 13.3. The Balaban J connectivity index is 1.77. The minimum atomic E-state index is -0.175. The van der Waals surface area contributed by atoms with Gasteiger partial charge in [0.05, 0.1) is 0 Å². The van der Waals surface area contributed by atoms with E-state index in [-0.39, 0.29) is 5.82 Å². The van der Waals surface area contributed by atoms with Crippen LogP contribution in [0.1, 0.15) is 18.4 Å². The average Bonchev–Trinajstić information content (AvgIpc) is 3.06. The van der Waals surface area contributed by atoms with E-state index in [0.717, 1.165) is 21.3 Å². The molecule has 3 rings (SSSR count). The Labute approximate surface area is 114 Å². The molecule has 1 N–H and O–H groups in total. The second-order valence-corrected chi connectivity index (χ2v) is 6.49. The first-order chi connectivity index (χ1) is 8.81. The van der Waals surface area contributed by atoms with Gasteiger partial charge in [-0.05, 0) is 36.6 Å². The normalized spacial score (nSPS) is 14.9. The van der Waals surface area contributed by atoms with E-state index in [9.17, 15) is 4.39 Å². The molecule has 5 heteroatoms. The molecule has 0 bridgehead atoms. The van der Waals surface area contributed by atoms with Crippen molar-refractivity contribution in [1.29, 1.82) is 0 Å². The van der Waals surface area contributed by atoms with Crippen LogP contribution in [-0.4, -0.2) is 11.0 Å². The summed E-state index contributed by atoms with van der Waals surface area (Å²) in [5.41, 5.74) is 1.02. The number of thiazole rings is 1. The molecule has 1 aliphatic rings. The summed E-state index contributed by atoms with van der Waals surface area (Å²) in [6.07, 6.45) is 4.27. The highest BCUT2D eigenvalue weighted by Gasteiger charge is 2.20. The zero-order valence-electron chi connectivity index (χ0n) is 9.73. The van der Waals surface area contributed by atoms with Gasteiger partial charge < -0.3 is 5.32 Å².